The van der Waals surface area contributed by atoms with Gasteiger partial charge in [-0.3, -0.25) is 4.79 Å². The standard InChI is InChI=1S/C15H22O2/c1-3-15(17,4-2)14(16)12-8-11-13-9-6-5-7-10-13/h5-7,9-10,17H,3-4,8,11-12H2,1-2H3. The van der Waals surface area contributed by atoms with E-state index in [-0.39, 0.29) is 5.78 Å². The lowest BCUT2D eigenvalue weighted by molar-refractivity contribution is -0.138. The lowest BCUT2D eigenvalue weighted by Gasteiger charge is -2.23. The number of ketones is 1. The molecule has 0 unspecified atom stereocenters. The molecule has 0 radical (unpaired) electrons. The van der Waals surface area contributed by atoms with E-state index in [1.807, 2.05) is 32.0 Å². The Morgan fingerprint density at radius 3 is 2.29 bits per heavy atom. The largest absolute Gasteiger partial charge is 0.382 e. The molecule has 0 saturated heterocycles. The van der Waals surface area contributed by atoms with E-state index >= 15 is 0 Å². The second kappa shape index (κ2) is 6.55. The topological polar surface area (TPSA) is 37.3 Å². The molecule has 17 heavy (non-hydrogen) atoms. The van der Waals surface area contributed by atoms with Gasteiger partial charge in [-0.05, 0) is 31.2 Å². The van der Waals surface area contributed by atoms with E-state index in [1.165, 1.54) is 5.56 Å². The fraction of sp³-hybridized carbons (Fsp3) is 0.533. The molecule has 1 aromatic rings. The summed E-state index contributed by atoms with van der Waals surface area (Å²) >= 11 is 0. The van der Waals surface area contributed by atoms with Gasteiger partial charge in [0.2, 0.25) is 0 Å². The van der Waals surface area contributed by atoms with Crippen LogP contribution in [0.2, 0.25) is 0 Å². The monoisotopic (exact) mass is 234 g/mol. The number of hydrogen-bond acceptors (Lipinski definition) is 2. The average Bonchev–Trinajstić information content (AvgIpc) is 2.39. The molecular formula is C15H22O2. The van der Waals surface area contributed by atoms with Crippen LogP contribution in [-0.4, -0.2) is 16.5 Å². The van der Waals surface area contributed by atoms with Gasteiger partial charge in [0.15, 0.2) is 5.78 Å². The zero-order chi connectivity index (χ0) is 12.7. The summed E-state index contributed by atoms with van der Waals surface area (Å²) in [6.45, 7) is 3.72. The summed E-state index contributed by atoms with van der Waals surface area (Å²) in [5.74, 6) is -0.0153. The van der Waals surface area contributed by atoms with Crippen molar-refractivity contribution in [3.8, 4) is 0 Å². The molecule has 0 atom stereocenters. The van der Waals surface area contributed by atoms with E-state index in [9.17, 15) is 9.90 Å². The number of aryl methyl sites for hydroxylation is 1. The van der Waals surface area contributed by atoms with E-state index < -0.39 is 5.60 Å². The van der Waals surface area contributed by atoms with Gasteiger partial charge in [-0.15, -0.1) is 0 Å². The molecule has 0 aliphatic carbocycles. The Bertz CT molecular complexity index is 339. The molecule has 1 rings (SSSR count). The highest BCUT2D eigenvalue weighted by Crippen LogP contribution is 2.19. The van der Waals surface area contributed by atoms with E-state index in [0.29, 0.717) is 19.3 Å². The van der Waals surface area contributed by atoms with Crippen molar-refractivity contribution in [3.05, 3.63) is 35.9 Å². The zero-order valence-electron chi connectivity index (χ0n) is 10.8. The van der Waals surface area contributed by atoms with Gasteiger partial charge in [-0.25, -0.2) is 0 Å². The summed E-state index contributed by atoms with van der Waals surface area (Å²) in [6, 6.07) is 10.1. The Labute approximate surface area is 104 Å². The summed E-state index contributed by atoms with van der Waals surface area (Å²) in [4.78, 5) is 11.9. The molecular weight excluding hydrogens is 212 g/mol. The van der Waals surface area contributed by atoms with E-state index in [2.05, 4.69) is 12.1 Å². The maximum absolute atomic E-state index is 11.9. The van der Waals surface area contributed by atoms with Gasteiger partial charge >= 0.3 is 0 Å². The van der Waals surface area contributed by atoms with Gasteiger partial charge in [-0.2, -0.15) is 0 Å². The first-order valence-electron chi connectivity index (χ1n) is 6.42. The molecule has 0 saturated carbocycles. The van der Waals surface area contributed by atoms with Crippen LogP contribution in [0.4, 0.5) is 0 Å². The smallest absolute Gasteiger partial charge is 0.164 e. The third-order valence-corrected chi connectivity index (χ3v) is 3.40. The van der Waals surface area contributed by atoms with Crippen molar-refractivity contribution in [1.82, 2.24) is 0 Å². The second-order valence-electron chi connectivity index (χ2n) is 4.50. The Kier molecular flexibility index (Phi) is 5.36. The van der Waals surface area contributed by atoms with Gasteiger partial charge in [0.1, 0.15) is 5.60 Å². The molecule has 0 aliphatic heterocycles. The van der Waals surface area contributed by atoms with Crippen LogP contribution in [0, 0.1) is 0 Å². The number of rotatable bonds is 7. The van der Waals surface area contributed by atoms with Crippen LogP contribution in [0.5, 0.6) is 0 Å². The number of benzene rings is 1. The van der Waals surface area contributed by atoms with Gasteiger partial charge in [0.05, 0.1) is 0 Å². The van der Waals surface area contributed by atoms with Gasteiger partial charge in [0, 0.05) is 6.42 Å². The number of hydrogen-bond donors (Lipinski definition) is 1. The second-order valence-corrected chi connectivity index (χ2v) is 4.50. The maximum atomic E-state index is 11.9. The molecule has 1 N–H and O–H groups in total. The highest BCUT2D eigenvalue weighted by molar-refractivity contribution is 5.86. The minimum Gasteiger partial charge on any atom is -0.382 e. The van der Waals surface area contributed by atoms with Crippen molar-refractivity contribution in [3.63, 3.8) is 0 Å². The van der Waals surface area contributed by atoms with Gasteiger partial charge < -0.3 is 5.11 Å². The average molecular weight is 234 g/mol. The molecule has 94 valence electrons. The molecule has 0 amide bonds. The molecule has 0 aromatic heterocycles. The van der Waals surface area contributed by atoms with Gasteiger partial charge in [-0.1, -0.05) is 44.2 Å². The van der Waals surface area contributed by atoms with Crippen LogP contribution in [0.1, 0.15) is 45.1 Å². The number of aliphatic hydroxyl groups is 1. The SMILES string of the molecule is CCC(O)(CC)C(=O)CCCc1ccccc1. The third kappa shape index (κ3) is 3.97. The Morgan fingerprint density at radius 1 is 1.18 bits per heavy atom. The quantitative estimate of drug-likeness (QED) is 0.787. The van der Waals surface area contributed by atoms with Crippen molar-refractivity contribution in [2.45, 2.75) is 51.6 Å². The zero-order valence-corrected chi connectivity index (χ0v) is 10.8. The molecule has 0 aliphatic rings. The Balaban J connectivity index is 2.39. The van der Waals surface area contributed by atoms with E-state index in [0.717, 1.165) is 12.8 Å². The highest BCUT2D eigenvalue weighted by Gasteiger charge is 2.30. The number of carbonyl (C=O) groups excluding carboxylic acids is 1. The van der Waals surface area contributed by atoms with Crippen LogP contribution < -0.4 is 0 Å². The number of carbonyl (C=O) groups is 1. The fourth-order valence-corrected chi connectivity index (χ4v) is 1.97. The molecule has 0 heterocycles. The predicted molar refractivity (Wildman–Crippen MR) is 69.9 cm³/mol. The summed E-state index contributed by atoms with van der Waals surface area (Å²) in [6.07, 6.45) is 3.19. The summed E-state index contributed by atoms with van der Waals surface area (Å²) in [5, 5.41) is 10.0. The van der Waals surface area contributed by atoms with Crippen molar-refractivity contribution in [2.24, 2.45) is 0 Å². The van der Waals surface area contributed by atoms with Crippen LogP contribution in [0.25, 0.3) is 0 Å². The fourth-order valence-electron chi connectivity index (χ4n) is 1.97. The normalized spacial score (nSPS) is 11.5. The predicted octanol–water partition coefficient (Wildman–Crippen LogP) is 3.13. The maximum Gasteiger partial charge on any atom is 0.164 e. The van der Waals surface area contributed by atoms with Crippen LogP contribution in [0.15, 0.2) is 30.3 Å². The minimum atomic E-state index is -1.10. The first-order chi connectivity index (χ1) is 8.12. The van der Waals surface area contributed by atoms with Crippen molar-refractivity contribution in [2.75, 3.05) is 0 Å². The van der Waals surface area contributed by atoms with E-state index in [1.54, 1.807) is 0 Å². The van der Waals surface area contributed by atoms with Crippen LogP contribution in [0.3, 0.4) is 0 Å². The number of Topliss-reactive ketones (excluding diaryl/α,β-unsaturated/α-hetero) is 1. The molecule has 0 bridgehead atoms. The third-order valence-electron chi connectivity index (χ3n) is 3.40. The van der Waals surface area contributed by atoms with Crippen molar-refractivity contribution < 1.29 is 9.90 Å². The first-order valence-corrected chi connectivity index (χ1v) is 6.42. The lowest BCUT2D eigenvalue weighted by Crippen LogP contribution is -2.37. The summed E-state index contributed by atoms with van der Waals surface area (Å²) < 4.78 is 0. The van der Waals surface area contributed by atoms with Crippen LogP contribution in [-0.2, 0) is 11.2 Å². The molecule has 1 aromatic carbocycles. The Morgan fingerprint density at radius 2 is 1.76 bits per heavy atom. The Hall–Kier alpha value is -1.15. The molecule has 2 heteroatoms. The molecule has 0 fully saturated rings. The van der Waals surface area contributed by atoms with Crippen molar-refractivity contribution >= 4 is 5.78 Å². The minimum absolute atomic E-state index is 0.0153. The van der Waals surface area contributed by atoms with Gasteiger partial charge in [0.25, 0.3) is 0 Å². The van der Waals surface area contributed by atoms with Crippen molar-refractivity contribution in [1.29, 1.82) is 0 Å². The lowest BCUT2D eigenvalue weighted by atomic mass is 9.89. The summed E-state index contributed by atoms with van der Waals surface area (Å²) in [7, 11) is 0. The van der Waals surface area contributed by atoms with E-state index in [4.69, 9.17) is 0 Å². The first kappa shape index (κ1) is 13.9. The molecule has 0 spiro atoms. The molecule has 2 nitrogen and oxygen atoms in total. The highest BCUT2D eigenvalue weighted by atomic mass is 16.3. The van der Waals surface area contributed by atoms with Crippen LogP contribution >= 0.6 is 0 Å². The summed E-state index contributed by atoms with van der Waals surface area (Å²) in [5.41, 5.74) is 0.147.